The molecule has 1 aromatic carbocycles. The second kappa shape index (κ2) is 6.95. The van der Waals surface area contributed by atoms with Gasteiger partial charge in [0.2, 0.25) is 12.7 Å². The maximum Gasteiger partial charge on any atom is 0.231 e. The number of anilines is 2. The zero-order valence-corrected chi connectivity index (χ0v) is 12.3. The number of ether oxygens (including phenoxy) is 3. The van der Waals surface area contributed by atoms with Crippen molar-refractivity contribution in [3.8, 4) is 11.5 Å². The molecule has 0 radical (unpaired) electrons. The van der Waals surface area contributed by atoms with E-state index < -0.39 is 0 Å². The van der Waals surface area contributed by atoms with Crippen molar-refractivity contribution in [2.75, 3.05) is 37.7 Å². The van der Waals surface area contributed by atoms with Gasteiger partial charge in [0, 0.05) is 26.4 Å². The molecule has 116 valence electrons. The molecule has 1 aliphatic heterocycles. The molecule has 2 heterocycles. The lowest BCUT2D eigenvalue weighted by atomic mass is 10.2. The first-order valence-electron chi connectivity index (χ1n) is 7.03. The summed E-state index contributed by atoms with van der Waals surface area (Å²) in [5.41, 5.74) is 1.07. The topological polar surface area (TPSA) is 77.5 Å². The average Bonchev–Trinajstić information content (AvgIpc) is 3.01. The van der Waals surface area contributed by atoms with Crippen LogP contribution in [0, 0.1) is 0 Å². The Morgan fingerprint density at radius 2 is 2.09 bits per heavy atom. The minimum atomic E-state index is 0.282. The Labute approximate surface area is 128 Å². The first kappa shape index (κ1) is 14.4. The van der Waals surface area contributed by atoms with Crippen LogP contribution in [0.5, 0.6) is 11.5 Å². The van der Waals surface area contributed by atoms with Gasteiger partial charge in [0.15, 0.2) is 11.5 Å². The zero-order chi connectivity index (χ0) is 15.2. The van der Waals surface area contributed by atoms with E-state index in [2.05, 4.69) is 20.6 Å². The van der Waals surface area contributed by atoms with Crippen LogP contribution in [0.15, 0.2) is 30.5 Å². The summed E-state index contributed by atoms with van der Waals surface area (Å²) in [6, 6.07) is 7.67. The number of fused-ring (bicyclic) bond motifs is 1. The number of rotatable bonds is 7. The lowest BCUT2D eigenvalue weighted by molar-refractivity contribution is 0.174. The summed E-state index contributed by atoms with van der Waals surface area (Å²) in [5.74, 6) is 2.89. The van der Waals surface area contributed by atoms with E-state index in [9.17, 15) is 0 Å². The third-order valence-electron chi connectivity index (χ3n) is 3.16. The minimum Gasteiger partial charge on any atom is -0.454 e. The van der Waals surface area contributed by atoms with Crippen molar-refractivity contribution in [3.63, 3.8) is 0 Å². The molecule has 7 heteroatoms. The van der Waals surface area contributed by atoms with Gasteiger partial charge in [-0.25, -0.2) is 4.98 Å². The minimum absolute atomic E-state index is 0.282. The van der Waals surface area contributed by atoms with Crippen LogP contribution >= 0.6 is 0 Å². The molecule has 2 aromatic rings. The SMILES string of the molecule is COCCNc1ccnc(NCc2ccc3c(c2)OCO3)n1. The van der Waals surface area contributed by atoms with Crippen molar-refractivity contribution < 1.29 is 14.2 Å². The van der Waals surface area contributed by atoms with E-state index in [4.69, 9.17) is 14.2 Å². The van der Waals surface area contributed by atoms with Crippen LogP contribution in [0.4, 0.5) is 11.8 Å². The molecule has 2 N–H and O–H groups in total. The standard InChI is InChI=1S/C15H18N4O3/c1-20-7-6-16-14-4-5-17-15(19-14)18-9-11-2-3-12-13(8-11)22-10-21-12/h2-5,8H,6-7,9-10H2,1H3,(H2,16,17,18,19). The van der Waals surface area contributed by atoms with Gasteiger partial charge < -0.3 is 24.8 Å². The van der Waals surface area contributed by atoms with Crippen LogP contribution in [0.1, 0.15) is 5.56 Å². The average molecular weight is 302 g/mol. The van der Waals surface area contributed by atoms with E-state index in [1.54, 1.807) is 13.3 Å². The summed E-state index contributed by atoms with van der Waals surface area (Å²) in [6.07, 6.45) is 1.71. The summed E-state index contributed by atoms with van der Waals surface area (Å²) in [6.45, 7) is 2.22. The molecule has 0 fully saturated rings. The Bertz CT molecular complexity index is 636. The van der Waals surface area contributed by atoms with Crippen molar-refractivity contribution in [1.82, 2.24) is 9.97 Å². The van der Waals surface area contributed by atoms with Gasteiger partial charge in [0.25, 0.3) is 0 Å². The third-order valence-corrected chi connectivity index (χ3v) is 3.16. The first-order chi connectivity index (χ1) is 10.8. The summed E-state index contributed by atoms with van der Waals surface area (Å²) < 4.78 is 15.6. The Hall–Kier alpha value is -2.54. The van der Waals surface area contributed by atoms with Gasteiger partial charge in [-0.2, -0.15) is 4.98 Å². The highest BCUT2D eigenvalue weighted by Gasteiger charge is 2.13. The summed E-state index contributed by atoms with van der Waals surface area (Å²) in [4.78, 5) is 8.59. The quantitative estimate of drug-likeness (QED) is 0.756. The van der Waals surface area contributed by atoms with Crippen LogP contribution in [-0.4, -0.2) is 37.0 Å². The molecule has 1 aliphatic rings. The molecule has 3 rings (SSSR count). The van der Waals surface area contributed by atoms with Gasteiger partial charge in [-0.15, -0.1) is 0 Å². The van der Waals surface area contributed by atoms with Gasteiger partial charge in [-0.3, -0.25) is 0 Å². The number of methoxy groups -OCH3 is 1. The Kier molecular flexibility index (Phi) is 4.55. The molecule has 0 saturated carbocycles. The van der Waals surface area contributed by atoms with Crippen molar-refractivity contribution in [1.29, 1.82) is 0 Å². The second-order valence-electron chi connectivity index (χ2n) is 4.73. The molecule has 22 heavy (non-hydrogen) atoms. The Balaban J connectivity index is 1.58. The van der Waals surface area contributed by atoms with E-state index in [1.807, 2.05) is 24.3 Å². The van der Waals surface area contributed by atoms with Gasteiger partial charge >= 0.3 is 0 Å². The highest BCUT2D eigenvalue weighted by atomic mass is 16.7. The first-order valence-corrected chi connectivity index (χ1v) is 7.03. The molecule has 0 bridgehead atoms. The second-order valence-corrected chi connectivity index (χ2v) is 4.73. The number of hydrogen-bond donors (Lipinski definition) is 2. The monoisotopic (exact) mass is 302 g/mol. The van der Waals surface area contributed by atoms with E-state index in [1.165, 1.54) is 0 Å². The molecular formula is C15H18N4O3. The fourth-order valence-electron chi connectivity index (χ4n) is 2.06. The fraction of sp³-hybridized carbons (Fsp3) is 0.333. The summed E-state index contributed by atoms with van der Waals surface area (Å²) in [7, 11) is 1.67. The van der Waals surface area contributed by atoms with Crippen molar-refractivity contribution in [2.45, 2.75) is 6.54 Å². The fourth-order valence-corrected chi connectivity index (χ4v) is 2.06. The van der Waals surface area contributed by atoms with E-state index in [0.29, 0.717) is 25.6 Å². The van der Waals surface area contributed by atoms with Crippen molar-refractivity contribution in [3.05, 3.63) is 36.0 Å². The maximum atomic E-state index is 5.36. The highest BCUT2D eigenvalue weighted by molar-refractivity contribution is 5.45. The van der Waals surface area contributed by atoms with Crippen LogP contribution in [-0.2, 0) is 11.3 Å². The normalized spacial score (nSPS) is 12.2. The number of hydrogen-bond acceptors (Lipinski definition) is 7. The largest absolute Gasteiger partial charge is 0.454 e. The number of nitrogens with one attached hydrogen (secondary N) is 2. The lowest BCUT2D eigenvalue weighted by Gasteiger charge is -2.08. The highest BCUT2D eigenvalue weighted by Crippen LogP contribution is 2.32. The number of benzene rings is 1. The Morgan fingerprint density at radius 3 is 3.00 bits per heavy atom. The van der Waals surface area contributed by atoms with Gasteiger partial charge in [0.05, 0.1) is 6.61 Å². The van der Waals surface area contributed by atoms with Crippen molar-refractivity contribution >= 4 is 11.8 Å². The zero-order valence-electron chi connectivity index (χ0n) is 12.3. The number of aromatic nitrogens is 2. The van der Waals surface area contributed by atoms with Gasteiger partial charge in [-0.05, 0) is 23.8 Å². The molecule has 7 nitrogen and oxygen atoms in total. The number of nitrogens with zero attached hydrogens (tertiary/aromatic N) is 2. The molecule has 0 atom stereocenters. The smallest absolute Gasteiger partial charge is 0.231 e. The van der Waals surface area contributed by atoms with Gasteiger partial charge in [-0.1, -0.05) is 6.07 Å². The molecule has 1 aromatic heterocycles. The van der Waals surface area contributed by atoms with E-state index in [-0.39, 0.29) is 6.79 Å². The van der Waals surface area contributed by atoms with E-state index in [0.717, 1.165) is 22.9 Å². The molecule has 0 amide bonds. The molecule has 0 spiro atoms. The maximum absolute atomic E-state index is 5.36. The van der Waals surface area contributed by atoms with Crippen molar-refractivity contribution in [2.24, 2.45) is 0 Å². The third kappa shape index (κ3) is 3.56. The molecule has 0 saturated heterocycles. The lowest BCUT2D eigenvalue weighted by Crippen LogP contribution is -2.10. The molecule has 0 aliphatic carbocycles. The van der Waals surface area contributed by atoms with E-state index >= 15 is 0 Å². The summed E-state index contributed by atoms with van der Waals surface area (Å²) in [5, 5.41) is 6.36. The van der Waals surface area contributed by atoms with Crippen LogP contribution in [0.2, 0.25) is 0 Å². The molecule has 0 unspecified atom stereocenters. The van der Waals surface area contributed by atoms with Crippen LogP contribution in [0.3, 0.4) is 0 Å². The summed E-state index contributed by atoms with van der Waals surface area (Å²) >= 11 is 0. The predicted octanol–water partition coefficient (Wildman–Crippen LogP) is 1.88. The van der Waals surface area contributed by atoms with Gasteiger partial charge in [0.1, 0.15) is 5.82 Å². The van der Waals surface area contributed by atoms with Crippen LogP contribution in [0.25, 0.3) is 0 Å². The van der Waals surface area contributed by atoms with Crippen LogP contribution < -0.4 is 20.1 Å². The predicted molar refractivity (Wildman–Crippen MR) is 82.3 cm³/mol. The molecular weight excluding hydrogens is 284 g/mol. The Morgan fingerprint density at radius 1 is 1.18 bits per heavy atom.